The van der Waals surface area contributed by atoms with Gasteiger partial charge in [0, 0.05) is 12.2 Å². The van der Waals surface area contributed by atoms with Crippen molar-refractivity contribution in [2.45, 2.75) is 76.7 Å². The highest BCUT2D eigenvalue weighted by molar-refractivity contribution is 8.00. The zero-order valence-corrected chi connectivity index (χ0v) is 20.5. The molecule has 0 saturated carbocycles. The lowest BCUT2D eigenvalue weighted by atomic mass is 9.94. The van der Waals surface area contributed by atoms with E-state index in [-0.39, 0.29) is 22.8 Å². The normalized spacial score (nSPS) is 22.7. The number of ether oxygens (including phenoxy) is 2. The molecular formula is C25H35N3O3S. The van der Waals surface area contributed by atoms with Crippen molar-refractivity contribution < 1.29 is 14.3 Å². The molecule has 1 amide bonds. The van der Waals surface area contributed by atoms with E-state index in [1.165, 1.54) is 18.4 Å². The van der Waals surface area contributed by atoms with Crippen molar-refractivity contribution in [2.75, 3.05) is 24.3 Å². The maximum atomic E-state index is 12.6. The Labute approximate surface area is 195 Å². The minimum atomic E-state index is -0.189. The van der Waals surface area contributed by atoms with Crippen molar-refractivity contribution >= 4 is 23.5 Å². The summed E-state index contributed by atoms with van der Waals surface area (Å²) in [6.45, 7) is 9.95. The minimum Gasteiger partial charge on any atom is -0.494 e. The van der Waals surface area contributed by atoms with Crippen LogP contribution < -0.4 is 10.1 Å². The smallest absolute Gasteiger partial charge is 0.235 e. The van der Waals surface area contributed by atoms with E-state index in [2.05, 4.69) is 49.8 Å². The summed E-state index contributed by atoms with van der Waals surface area (Å²) >= 11 is 1.66. The molecule has 0 spiro atoms. The summed E-state index contributed by atoms with van der Waals surface area (Å²) in [5.41, 5.74) is 3.07. The van der Waals surface area contributed by atoms with Gasteiger partial charge in [-0.2, -0.15) is 5.10 Å². The number of aromatic nitrogens is 2. The fraction of sp³-hybridized carbons (Fsp3) is 0.600. The first kappa shape index (κ1) is 23.2. The van der Waals surface area contributed by atoms with Crippen molar-refractivity contribution in [3.63, 3.8) is 0 Å². The Morgan fingerprint density at radius 2 is 2.06 bits per heavy atom. The summed E-state index contributed by atoms with van der Waals surface area (Å²) in [6, 6.07) is 8.55. The Morgan fingerprint density at radius 3 is 2.78 bits per heavy atom. The molecule has 7 heteroatoms. The summed E-state index contributed by atoms with van der Waals surface area (Å²) in [5.74, 6) is 2.20. The van der Waals surface area contributed by atoms with Gasteiger partial charge in [0.1, 0.15) is 11.6 Å². The second kappa shape index (κ2) is 9.87. The number of hydrogen-bond acceptors (Lipinski definition) is 5. The number of amides is 1. The van der Waals surface area contributed by atoms with Crippen molar-refractivity contribution in [3.05, 3.63) is 41.1 Å². The second-order valence-corrected chi connectivity index (χ2v) is 10.5. The number of unbranched alkanes of at least 4 members (excludes halogenated alkanes) is 2. The zero-order valence-electron chi connectivity index (χ0n) is 19.6. The summed E-state index contributed by atoms with van der Waals surface area (Å²) < 4.78 is 13.9. The molecule has 174 valence electrons. The first-order valence-corrected chi connectivity index (χ1v) is 12.8. The van der Waals surface area contributed by atoms with Crippen LogP contribution in [0, 0.1) is 6.92 Å². The average molecular weight is 458 g/mol. The summed E-state index contributed by atoms with van der Waals surface area (Å²) in [5, 5.41) is 8.14. The molecule has 4 rings (SSSR count). The van der Waals surface area contributed by atoms with Gasteiger partial charge in [-0.15, -0.1) is 11.8 Å². The molecule has 0 radical (unpaired) electrons. The number of carbonyl (C=O) groups excluding carboxylic acids is 1. The SMILES string of the molecule is CCCCCOc1ccc(C2SCC(=O)Nc3c2c(C)nn3C2CCOC(C)(C)C2)cc1. The quantitative estimate of drug-likeness (QED) is 0.543. The fourth-order valence-corrected chi connectivity index (χ4v) is 5.81. The minimum absolute atomic E-state index is 0.0297. The van der Waals surface area contributed by atoms with Crippen LogP contribution in [0.5, 0.6) is 5.75 Å². The van der Waals surface area contributed by atoms with Crippen LogP contribution in [0.2, 0.25) is 0 Å². The van der Waals surface area contributed by atoms with Crippen LogP contribution in [0.4, 0.5) is 5.82 Å². The Morgan fingerprint density at radius 1 is 1.28 bits per heavy atom. The van der Waals surface area contributed by atoms with E-state index < -0.39 is 0 Å². The van der Waals surface area contributed by atoms with Crippen molar-refractivity contribution in [3.8, 4) is 5.75 Å². The maximum absolute atomic E-state index is 12.6. The maximum Gasteiger partial charge on any atom is 0.235 e. The molecular weight excluding hydrogens is 422 g/mol. The highest BCUT2D eigenvalue weighted by Crippen LogP contribution is 2.45. The molecule has 6 nitrogen and oxygen atoms in total. The van der Waals surface area contributed by atoms with E-state index in [1.807, 2.05) is 12.1 Å². The van der Waals surface area contributed by atoms with Gasteiger partial charge in [0.05, 0.1) is 34.9 Å². The molecule has 0 aliphatic carbocycles. The first-order valence-electron chi connectivity index (χ1n) is 11.7. The van der Waals surface area contributed by atoms with Crippen molar-refractivity contribution in [1.82, 2.24) is 9.78 Å². The monoisotopic (exact) mass is 457 g/mol. The predicted molar refractivity (Wildman–Crippen MR) is 130 cm³/mol. The van der Waals surface area contributed by atoms with Crippen LogP contribution in [0.25, 0.3) is 0 Å². The first-order chi connectivity index (χ1) is 15.4. The zero-order chi connectivity index (χ0) is 22.7. The molecule has 3 heterocycles. The lowest BCUT2D eigenvalue weighted by Gasteiger charge is -2.36. The topological polar surface area (TPSA) is 65.4 Å². The Hall–Kier alpha value is -1.99. The summed E-state index contributed by atoms with van der Waals surface area (Å²) in [6.07, 6.45) is 5.23. The summed E-state index contributed by atoms with van der Waals surface area (Å²) in [7, 11) is 0. The third-order valence-corrected chi connectivity index (χ3v) is 7.52. The molecule has 0 bridgehead atoms. The van der Waals surface area contributed by atoms with Crippen LogP contribution in [-0.2, 0) is 9.53 Å². The number of aryl methyl sites for hydroxylation is 1. The van der Waals surface area contributed by atoms with Gasteiger partial charge in [-0.3, -0.25) is 4.79 Å². The number of carbonyl (C=O) groups is 1. The number of anilines is 1. The molecule has 1 saturated heterocycles. The molecule has 32 heavy (non-hydrogen) atoms. The summed E-state index contributed by atoms with van der Waals surface area (Å²) in [4.78, 5) is 12.6. The molecule has 1 aromatic heterocycles. The van der Waals surface area contributed by atoms with Gasteiger partial charge in [0.2, 0.25) is 5.91 Å². The number of nitrogens with one attached hydrogen (secondary N) is 1. The van der Waals surface area contributed by atoms with Crippen LogP contribution in [-0.4, -0.2) is 40.3 Å². The van der Waals surface area contributed by atoms with Crippen LogP contribution in [0.1, 0.15) is 81.0 Å². The standard InChI is InChI=1S/C25H35N3O3S/c1-5-6-7-13-30-20-10-8-18(9-11-20)23-22-17(2)27-28(24(22)26-21(29)16-32-23)19-12-14-31-25(3,4)15-19/h8-11,19,23H,5-7,12-16H2,1-4H3,(H,26,29). The van der Waals surface area contributed by atoms with E-state index in [4.69, 9.17) is 14.6 Å². The van der Waals surface area contributed by atoms with E-state index in [0.717, 1.165) is 48.7 Å². The highest BCUT2D eigenvalue weighted by atomic mass is 32.2. The van der Waals surface area contributed by atoms with Gasteiger partial charge in [-0.25, -0.2) is 4.68 Å². The highest BCUT2D eigenvalue weighted by Gasteiger charge is 2.36. The molecule has 2 aromatic rings. The van der Waals surface area contributed by atoms with E-state index in [9.17, 15) is 4.79 Å². The molecule has 2 aliphatic heterocycles. The largest absolute Gasteiger partial charge is 0.494 e. The van der Waals surface area contributed by atoms with Crippen LogP contribution in [0.3, 0.4) is 0 Å². The number of benzene rings is 1. The van der Waals surface area contributed by atoms with E-state index in [0.29, 0.717) is 12.4 Å². The Bertz CT molecular complexity index is 939. The van der Waals surface area contributed by atoms with Gasteiger partial charge >= 0.3 is 0 Å². The van der Waals surface area contributed by atoms with Gasteiger partial charge in [-0.05, 0) is 57.7 Å². The fourth-order valence-electron chi connectivity index (χ4n) is 4.63. The third-order valence-electron chi connectivity index (χ3n) is 6.25. The Kier molecular flexibility index (Phi) is 7.15. The molecule has 1 fully saturated rings. The van der Waals surface area contributed by atoms with Gasteiger partial charge < -0.3 is 14.8 Å². The number of thioether (sulfide) groups is 1. The second-order valence-electron chi connectivity index (χ2n) is 9.41. The predicted octanol–water partition coefficient (Wildman–Crippen LogP) is 5.67. The lowest BCUT2D eigenvalue weighted by molar-refractivity contribution is -0.113. The molecule has 2 aliphatic rings. The van der Waals surface area contributed by atoms with Crippen molar-refractivity contribution in [1.29, 1.82) is 0 Å². The van der Waals surface area contributed by atoms with Crippen LogP contribution in [0.15, 0.2) is 24.3 Å². The average Bonchev–Trinajstić information content (AvgIpc) is 2.96. The lowest BCUT2D eigenvalue weighted by Crippen LogP contribution is -2.36. The molecule has 2 unspecified atom stereocenters. The van der Waals surface area contributed by atoms with E-state index in [1.54, 1.807) is 11.8 Å². The van der Waals surface area contributed by atoms with Crippen LogP contribution >= 0.6 is 11.8 Å². The number of rotatable bonds is 7. The van der Waals surface area contributed by atoms with Gasteiger partial charge in [0.15, 0.2) is 0 Å². The Balaban J connectivity index is 1.61. The number of nitrogens with zero attached hydrogens (tertiary/aromatic N) is 2. The van der Waals surface area contributed by atoms with Crippen molar-refractivity contribution in [2.24, 2.45) is 0 Å². The number of hydrogen-bond donors (Lipinski definition) is 1. The molecule has 2 atom stereocenters. The third kappa shape index (κ3) is 5.15. The number of fused-ring (bicyclic) bond motifs is 1. The van der Waals surface area contributed by atoms with Gasteiger partial charge in [0.25, 0.3) is 0 Å². The molecule has 1 N–H and O–H groups in total. The van der Waals surface area contributed by atoms with E-state index >= 15 is 0 Å². The molecule has 1 aromatic carbocycles. The van der Waals surface area contributed by atoms with Gasteiger partial charge in [-0.1, -0.05) is 31.9 Å².